The Morgan fingerprint density at radius 3 is 2.40 bits per heavy atom. The van der Waals surface area contributed by atoms with Crippen LogP contribution < -0.4 is 0 Å². The van der Waals surface area contributed by atoms with Crippen molar-refractivity contribution < 1.29 is 17.7 Å². The van der Waals surface area contributed by atoms with E-state index in [0.717, 1.165) is 0 Å². The first-order valence-corrected chi connectivity index (χ1v) is 6.42. The standard InChI is InChI=1S/C6H2BrClFNO4S/c7-3-1-4(9)5(10(11)12)2-6(3)15(8,13)14/h1-2H. The van der Waals surface area contributed by atoms with Gasteiger partial charge in [-0.2, -0.15) is 4.39 Å². The lowest BCUT2D eigenvalue weighted by atomic mass is 10.3. The summed E-state index contributed by atoms with van der Waals surface area (Å²) in [5.74, 6) is -1.14. The van der Waals surface area contributed by atoms with Gasteiger partial charge in [0.05, 0.1) is 4.92 Å². The molecule has 5 nitrogen and oxygen atoms in total. The fraction of sp³-hybridized carbons (Fsp3) is 0. The van der Waals surface area contributed by atoms with Crippen molar-refractivity contribution in [2.24, 2.45) is 0 Å². The van der Waals surface area contributed by atoms with Gasteiger partial charge in [-0.3, -0.25) is 10.1 Å². The molecule has 1 aromatic carbocycles. The largest absolute Gasteiger partial charge is 0.306 e. The van der Waals surface area contributed by atoms with Crippen molar-refractivity contribution in [3.8, 4) is 0 Å². The van der Waals surface area contributed by atoms with Gasteiger partial charge in [0.25, 0.3) is 9.05 Å². The van der Waals surface area contributed by atoms with Gasteiger partial charge in [-0.05, 0) is 22.0 Å². The molecule has 15 heavy (non-hydrogen) atoms. The van der Waals surface area contributed by atoms with Crippen LogP contribution in [0.3, 0.4) is 0 Å². The van der Waals surface area contributed by atoms with Crippen LogP contribution in [0.1, 0.15) is 0 Å². The number of rotatable bonds is 2. The molecule has 1 aromatic rings. The zero-order chi connectivity index (χ0) is 11.8. The lowest BCUT2D eigenvalue weighted by molar-refractivity contribution is -0.387. The second kappa shape index (κ2) is 4.03. The number of benzene rings is 1. The highest BCUT2D eigenvalue weighted by Gasteiger charge is 2.23. The van der Waals surface area contributed by atoms with Crippen molar-refractivity contribution in [2.75, 3.05) is 0 Å². The Labute approximate surface area is 96.5 Å². The number of nitrogens with zero attached hydrogens (tertiary/aromatic N) is 1. The quantitative estimate of drug-likeness (QED) is 0.476. The normalized spacial score (nSPS) is 11.4. The van der Waals surface area contributed by atoms with Crippen molar-refractivity contribution in [3.63, 3.8) is 0 Å². The molecule has 0 amide bonds. The Bertz CT molecular complexity index is 532. The minimum atomic E-state index is -4.15. The first-order valence-electron chi connectivity index (χ1n) is 3.31. The van der Waals surface area contributed by atoms with E-state index in [0.29, 0.717) is 12.1 Å². The van der Waals surface area contributed by atoms with E-state index in [1.165, 1.54) is 0 Å². The van der Waals surface area contributed by atoms with Gasteiger partial charge < -0.3 is 0 Å². The molecule has 0 saturated heterocycles. The van der Waals surface area contributed by atoms with E-state index < -0.39 is 30.4 Å². The first-order chi connectivity index (χ1) is 6.73. The van der Waals surface area contributed by atoms with Gasteiger partial charge in [-0.25, -0.2) is 8.42 Å². The van der Waals surface area contributed by atoms with Gasteiger partial charge >= 0.3 is 5.69 Å². The molecule has 0 aromatic heterocycles. The van der Waals surface area contributed by atoms with E-state index in [4.69, 9.17) is 10.7 Å². The number of hydrogen-bond acceptors (Lipinski definition) is 4. The first kappa shape index (κ1) is 12.3. The zero-order valence-corrected chi connectivity index (χ0v) is 9.94. The number of nitro benzene ring substituents is 1. The second-order valence-corrected chi connectivity index (χ2v) is 5.82. The summed E-state index contributed by atoms with van der Waals surface area (Å²) in [6.45, 7) is 0. The molecule has 82 valence electrons. The summed E-state index contributed by atoms with van der Waals surface area (Å²) in [4.78, 5) is 8.75. The van der Waals surface area contributed by atoms with Crippen LogP contribution in [0.5, 0.6) is 0 Å². The molecule has 0 fully saturated rings. The smallest absolute Gasteiger partial charge is 0.258 e. The van der Waals surface area contributed by atoms with Crippen LogP contribution in [-0.2, 0) is 9.05 Å². The minimum absolute atomic E-state index is 0.166. The molecule has 0 aliphatic rings. The third-order valence-corrected chi connectivity index (χ3v) is 3.74. The summed E-state index contributed by atoms with van der Waals surface area (Å²) in [7, 11) is 0.838. The summed E-state index contributed by atoms with van der Waals surface area (Å²) in [6.07, 6.45) is 0. The fourth-order valence-electron chi connectivity index (χ4n) is 0.845. The fourth-order valence-corrected chi connectivity index (χ4v) is 3.01. The summed E-state index contributed by atoms with van der Waals surface area (Å²) >= 11 is 2.74. The Balaban J connectivity index is 3.58. The summed E-state index contributed by atoms with van der Waals surface area (Å²) < 4.78 is 34.7. The third-order valence-electron chi connectivity index (χ3n) is 1.46. The third kappa shape index (κ3) is 2.64. The van der Waals surface area contributed by atoms with Crippen LogP contribution in [0.2, 0.25) is 0 Å². The van der Waals surface area contributed by atoms with E-state index in [-0.39, 0.29) is 4.47 Å². The molecule has 0 atom stereocenters. The van der Waals surface area contributed by atoms with Crippen LogP contribution in [0.25, 0.3) is 0 Å². The molecule has 1 rings (SSSR count). The second-order valence-electron chi connectivity index (χ2n) is 2.43. The van der Waals surface area contributed by atoms with Gasteiger partial charge in [-0.1, -0.05) is 0 Å². The van der Waals surface area contributed by atoms with Gasteiger partial charge in [0, 0.05) is 21.2 Å². The summed E-state index contributed by atoms with van der Waals surface area (Å²) in [5.41, 5.74) is -0.947. The molecule has 0 aliphatic heterocycles. The van der Waals surface area contributed by atoms with E-state index in [1.54, 1.807) is 0 Å². The average molecular weight is 319 g/mol. The maximum Gasteiger partial charge on any atom is 0.306 e. The Kier molecular flexibility index (Phi) is 3.31. The molecule has 0 heterocycles. The van der Waals surface area contributed by atoms with Crippen molar-refractivity contribution in [1.29, 1.82) is 0 Å². The van der Waals surface area contributed by atoms with Crippen LogP contribution in [0.4, 0.5) is 10.1 Å². The lowest BCUT2D eigenvalue weighted by Gasteiger charge is -2.00. The summed E-state index contributed by atoms with van der Waals surface area (Å²) in [5, 5.41) is 10.3. The molecule has 0 radical (unpaired) electrons. The summed E-state index contributed by atoms with van der Waals surface area (Å²) in [6, 6.07) is 1.23. The SMILES string of the molecule is O=[N+]([O-])c1cc(S(=O)(=O)Cl)c(Br)cc1F. The number of halogens is 3. The molecule has 0 unspecified atom stereocenters. The van der Waals surface area contributed by atoms with Crippen LogP contribution in [-0.4, -0.2) is 13.3 Å². The molecule has 0 spiro atoms. The Morgan fingerprint density at radius 1 is 1.47 bits per heavy atom. The van der Waals surface area contributed by atoms with Gasteiger partial charge in [0.1, 0.15) is 4.90 Å². The van der Waals surface area contributed by atoms with Crippen LogP contribution >= 0.6 is 26.6 Å². The predicted molar refractivity (Wildman–Crippen MR) is 53.8 cm³/mol. The molecule has 0 bridgehead atoms. The molecule has 0 saturated carbocycles. The molecular formula is C6H2BrClFNO4S. The molecule has 9 heteroatoms. The van der Waals surface area contributed by atoms with Gasteiger partial charge in [0.2, 0.25) is 5.82 Å². The van der Waals surface area contributed by atoms with Crippen LogP contribution in [0, 0.1) is 15.9 Å². The van der Waals surface area contributed by atoms with Gasteiger partial charge in [0.15, 0.2) is 0 Å². The van der Waals surface area contributed by atoms with E-state index in [9.17, 15) is 22.9 Å². The van der Waals surface area contributed by atoms with Crippen molar-refractivity contribution in [3.05, 3.63) is 32.5 Å². The Morgan fingerprint density at radius 2 is 2.00 bits per heavy atom. The van der Waals surface area contributed by atoms with Crippen molar-refractivity contribution in [2.45, 2.75) is 4.90 Å². The van der Waals surface area contributed by atoms with Crippen molar-refractivity contribution in [1.82, 2.24) is 0 Å². The monoisotopic (exact) mass is 317 g/mol. The highest BCUT2D eigenvalue weighted by atomic mass is 79.9. The number of nitro groups is 1. The molecule has 0 N–H and O–H groups in total. The molecular weight excluding hydrogens is 316 g/mol. The predicted octanol–water partition coefficient (Wildman–Crippen LogP) is 2.42. The maximum absolute atomic E-state index is 13.0. The minimum Gasteiger partial charge on any atom is -0.258 e. The number of hydrogen-bond donors (Lipinski definition) is 0. The van der Waals surface area contributed by atoms with Crippen molar-refractivity contribution >= 4 is 41.4 Å². The highest BCUT2D eigenvalue weighted by Crippen LogP contribution is 2.31. The average Bonchev–Trinajstić information content (AvgIpc) is 2.00. The van der Waals surface area contributed by atoms with E-state index in [1.807, 2.05) is 0 Å². The van der Waals surface area contributed by atoms with E-state index in [2.05, 4.69) is 15.9 Å². The highest BCUT2D eigenvalue weighted by molar-refractivity contribution is 9.10. The molecule has 0 aliphatic carbocycles. The lowest BCUT2D eigenvalue weighted by Crippen LogP contribution is -1.98. The maximum atomic E-state index is 13.0. The van der Waals surface area contributed by atoms with Crippen LogP contribution in [0.15, 0.2) is 21.5 Å². The topological polar surface area (TPSA) is 77.3 Å². The van der Waals surface area contributed by atoms with E-state index >= 15 is 0 Å². The zero-order valence-electron chi connectivity index (χ0n) is 6.78. The Hall–Kier alpha value is -0.730. The van der Waals surface area contributed by atoms with Gasteiger partial charge in [-0.15, -0.1) is 0 Å².